The first-order valence-corrected chi connectivity index (χ1v) is 11.4. The summed E-state index contributed by atoms with van der Waals surface area (Å²) in [5, 5.41) is 3.12. The van der Waals surface area contributed by atoms with Crippen LogP contribution in [0.1, 0.15) is 44.0 Å². The summed E-state index contributed by atoms with van der Waals surface area (Å²) in [4.78, 5) is 26.5. The van der Waals surface area contributed by atoms with E-state index in [0.717, 1.165) is 57.9 Å². The number of hydrogen-bond donors (Lipinski definition) is 1. The van der Waals surface area contributed by atoms with Gasteiger partial charge in [-0.05, 0) is 63.9 Å². The van der Waals surface area contributed by atoms with Crippen molar-refractivity contribution in [1.82, 2.24) is 29.7 Å². The summed E-state index contributed by atoms with van der Waals surface area (Å²) in [6.07, 6.45) is 12.0. The normalized spacial score (nSPS) is 21.6. The molecule has 0 unspecified atom stereocenters. The first-order valence-electron chi connectivity index (χ1n) is 11.4. The number of hydrogen-bond acceptors (Lipinski definition) is 5. The van der Waals surface area contributed by atoms with Gasteiger partial charge in [-0.15, -0.1) is 0 Å². The number of imidazole rings is 1. The lowest BCUT2D eigenvalue weighted by molar-refractivity contribution is -0.127. The Bertz CT molecular complexity index is 799. The van der Waals surface area contributed by atoms with E-state index in [4.69, 9.17) is 0 Å². The first kappa shape index (κ1) is 21.0. The van der Waals surface area contributed by atoms with Gasteiger partial charge in [0.25, 0.3) is 0 Å². The molecule has 2 aliphatic rings. The molecule has 1 atom stereocenters. The number of nitrogens with one attached hydrogen (secondary N) is 1. The number of nitrogens with zero attached hydrogens (tertiary/aromatic N) is 5. The molecule has 1 amide bonds. The van der Waals surface area contributed by atoms with Crippen LogP contribution in [0.4, 0.5) is 0 Å². The Morgan fingerprint density at radius 1 is 1.20 bits per heavy atom. The summed E-state index contributed by atoms with van der Waals surface area (Å²) in [6, 6.07) is 4.76. The minimum atomic E-state index is 0.0946. The van der Waals surface area contributed by atoms with Crippen molar-refractivity contribution >= 4 is 5.91 Å². The van der Waals surface area contributed by atoms with Crippen molar-refractivity contribution in [3.63, 3.8) is 0 Å². The van der Waals surface area contributed by atoms with Crippen LogP contribution < -0.4 is 5.32 Å². The predicted molar refractivity (Wildman–Crippen MR) is 117 cm³/mol. The fourth-order valence-electron chi connectivity index (χ4n) is 4.85. The molecule has 7 nitrogen and oxygen atoms in total. The highest BCUT2D eigenvalue weighted by atomic mass is 16.1. The maximum Gasteiger partial charge on any atom is 0.224 e. The van der Waals surface area contributed by atoms with Crippen molar-refractivity contribution in [2.75, 3.05) is 26.2 Å². The van der Waals surface area contributed by atoms with Gasteiger partial charge < -0.3 is 9.88 Å². The molecule has 2 fully saturated rings. The van der Waals surface area contributed by atoms with E-state index in [-0.39, 0.29) is 11.8 Å². The van der Waals surface area contributed by atoms with Gasteiger partial charge in [0.1, 0.15) is 5.82 Å². The van der Waals surface area contributed by atoms with Crippen LogP contribution in [0.3, 0.4) is 0 Å². The van der Waals surface area contributed by atoms with E-state index >= 15 is 0 Å². The topological polar surface area (TPSA) is 66.3 Å². The average molecular weight is 411 g/mol. The number of carbonyl (C=O) groups excluding carboxylic acids is 1. The molecular weight excluding hydrogens is 376 g/mol. The Kier molecular flexibility index (Phi) is 7.12. The van der Waals surface area contributed by atoms with Crippen LogP contribution >= 0.6 is 0 Å². The first-order chi connectivity index (χ1) is 14.7. The van der Waals surface area contributed by atoms with Crippen LogP contribution in [0, 0.1) is 5.92 Å². The van der Waals surface area contributed by atoms with Crippen molar-refractivity contribution in [3.8, 4) is 0 Å². The van der Waals surface area contributed by atoms with Crippen LogP contribution in [-0.4, -0.2) is 62.5 Å². The van der Waals surface area contributed by atoms with E-state index in [1.54, 1.807) is 6.20 Å². The van der Waals surface area contributed by atoms with Crippen molar-refractivity contribution in [1.29, 1.82) is 0 Å². The molecule has 0 bridgehead atoms. The number of aromatic nitrogens is 3. The Labute approximate surface area is 179 Å². The Balaban J connectivity index is 1.23. The molecule has 0 radical (unpaired) electrons. The zero-order chi connectivity index (χ0) is 20.8. The van der Waals surface area contributed by atoms with Crippen molar-refractivity contribution in [2.24, 2.45) is 5.92 Å². The van der Waals surface area contributed by atoms with Crippen LogP contribution in [-0.2, 0) is 24.4 Å². The molecule has 2 aromatic heterocycles. The number of rotatable bonds is 7. The molecule has 7 heteroatoms. The van der Waals surface area contributed by atoms with Crippen molar-refractivity contribution in [3.05, 3.63) is 48.3 Å². The lowest BCUT2D eigenvalue weighted by Crippen LogP contribution is -2.50. The van der Waals surface area contributed by atoms with Crippen LogP contribution in [0.5, 0.6) is 0 Å². The third-order valence-corrected chi connectivity index (χ3v) is 6.59. The lowest BCUT2D eigenvalue weighted by Gasteiger charge is -2.42. The van der Waals surface area contributed by atoms with Crippen molar-refractivity contribution < 1.29 is 4.79 Å². The zero-order valence-corrected chi connectivity index (χ0v) is 18.0. The SMILES string of the molecule is CCn1ccnc1CNC(=O)[C@H]1CCCN(C2CCN(Cc3cccnc3)CC2)C1. The molecular formula is C23H34N6O. The van der Waals surface area contributed by atoms with Crippen LogP contribution in [0.2, 0.25) is 0 Å². The van der Waals surface area contributed by atoms with Gasteiger partial charge in [-0.3, -0.25) is 19.6 Å². The molecule has 0 aromatic carbocycles. The number of carbonyl (C=O) groups is 1. The molecule has 0 spiro atoms. The summed E-state index contributed by atoms with van der Waals surface area (Å²) >= 11 is 0. The van der Waals surface area contributed by atoms with Gasteiger partial charge in [0.05, 0.1) is 12.5 Å². The smallest absolute Gasteiger partial charge is 0.224 e. The van der Waals surface area contributed by atoms with Gasteiger partial charge in [-0.1, -0.05) is 6.07 Å². The maximum atomic E-state index is 12.8. The van der Waals surface area contributed by atoms with E-state index in [2.05, 4.69) is 42.6 Å². The summed E-state index contributed by atoms with van der Waals surface area (Å²) in [5.74, 6) is 1.20. The summed E-state index contributed by atoms with van der Waals surface area (Å²) < 4.78 is 2.08. The van der Waals surface area contributed by atoms with Gasteiger partial charge in [-0.2, -0.15) is 0 Å². The number of aryl methyl sites for hydroxylation is 1. The molecule has 0 aliphatic carbocycles. The largest absolute Gasteiger partial charge is 0.349 e. The number of amides is 1. The molecule has 4 heterocycles. The molecule has 2 aromatic rings. The minimum Gasteiger partial charge on any atom is -0.349 e. The third kappa shape index (κ3) is 5.26. The highest BCUT2D eigenvalue weighted by Crippen LogP contribution is 2.24. The molecule has 30 heavy (non-hydrogen) atoms. The second-order valence-electron chi connectivity index (χ2n) is 8.55. The summed E-state index contributed by atoms with van der Waals surface area (Å²) in [5.41, 5.74) is 1.29. The van der Waals surface area contributed by atoms with Gasteiger partial charge >= 0.3 is 0 Å². The second-order valence-corrected chi connectivity index (χ2v) is 8.55. The lowest BCUT2D eigenvalue weighted by atomic mass is 9.93. The maximum absolute atomic E-state index is 12.8. The van der Waals surface area contributed by atoms with Crippen LogP contribution in [0.25, 0.3) is 0 Å². The van der Waals surface area contributed by atoms with E-state index in [1.165, 1.54) is 18.4 Å². The third-order valence-electron chi connectivity index (χ3n) is 6.59. The standard InChI is InChI=1S/C23H34N6O/c1-2-28-14-10-25-22(28)16-26-23(30)20-6-4-11-29(18-20)21-7-12-27(13-8-21)17-19-5-3-9-24-15-19/h3,5,9-10,14-15,20-21H,2,4,6-8,11-13,16-18H2,1H3,(H,26,30)/t20-/m0/s1. The number of pyridine rings is 1. The molecule has 1 N–H and O–H groups in total. The molecule has 2 saturated heterocycles. The molecule has 0 saturated carbocycles. The number of piperidine rings is 2. The molecule has 4 rings (SSSR count). The summed E-state index contributed by atoms with van der Waals surface area (Å²) in [6.45, 7) is 8.72. The van der Waals surface area contributed by atoms with E-state index in [9.17, 15) is 4.79 Å². The van der Waals surface area contributed by atoms with Crippen LogP contribution in [0.15, 0.2) is 36.9 Å². The predicted octanol–water partition coefficient (Wildman–Crippen LogP) is 2.29. The molecule has 2 aliphatic heterocycles. The van der Waals surface area contributed by atoms with Crippen molar-refractivity contribution in [2.45, 2.75) is 58.3 Å². The van der Waals surface area contributed by atoms with Gasteiger partial charge in [0, 0.05) is 50.5 Å². The number of likely N-dealkylation sites (tertiary alicyclic amines) is 2. The summed E-state index contributed by atoms with van der Waals surface area (Å²) in [7, 11) is 0. The fraction of sp³-hybridized carbons (Fsp3) is 0.609. The van der Waals surface area contributed by atoms with E-state index in [1.807, 2.05) is 24.7 Å². The Morgan fingerprint density at radius 3 is 2.83 bits per heavy atom. The van der Waals surface area contributed by atoms with E-state index < -0.39 is 0 Å². The second kappa shape index (κ2) is 10.2. The highest BCUT2D eigenvalue weighted by molar-refractivity contribution is 5.78. The Hall–Kier alpha value is -2.25. The quantitative estimate of drug-likeness (QED) is 0.759. The van der Waals surface area contributed by atoms with Gasteiger partial charge in [0.2, 0.25) is 5.91 Å². The van der Waals surface area contributed by atoms with Gasteiger partial charge in [-0.25, -0.2) is 4.98 Å². The highest BCUT2D eigenvalue weighted by Gasteiger charge is 2.31. The Morgan fingerprint density at radius 2 is 2.07 bits per heavy atom. The monoisotopic (exact) mass is 410 g/mol. The average Bonchev–Trinajstić information content (AvgIpc) is 3.26. The fourth-order valence-corrected chi connectivity index (χ4v) is 4.85. The zero-order valence-electron chi connectivity index (χ0n) is 18.0. The van der Waals surface area contributed by atoms with E-state index in [0.29, 0.717) is 12.6 Å². The molecule has 162 valence electrons. The van der Waals surface area contributed by atoms with Gasteiger partial charge in [0.15, 0.2) is 0 Å². The minimum absolute atomic E-state index is 0.0946.